The summed E-state index contributed by atoms with van der Waals surface area (Å²) in [7, 11) is 0. The number of aliphatic hydroxyl groups excluding tert-OH is 3. The van der Waals surface area contributed by atoms with E-state index in [4.69, 9.17) is 16.3 Å². The summed E-state index contributed by atoms with van der Waals surface area (Å²) in [5.41, 5.74) is 4.05. The van der Waals surface area contributed by atoms with Gasteiger partial charge in [-0.05, 0) is 6.42 Å². The molecule has 0 aliphatic carbocycles. The fourth-order valence-corrected chi connectivity index (χ4v) is 3.55. The van der Waals surface area contributed by atoms with Crippen molar-refractivity contribution in [3.63, 3.8) is 0 Å². The molecule has 3 aromatic rings. The zero-order valence-corrected chi connectivity index (χ0v) is 17.4. The number of nitrogens with zero attached hydrogens (tertiary/aromatic N) is 6. The highest BCUT2D eigenvalue weighted by atomic mass is 35.5. The van der Waals surface area contributed by atoms with Crippen molar-refractivity contribution in [2.24, 2.45) is 5.10 Å². The van der Waals surface area contributed by atoms with E-state index in [1.54, 1.807) is 0 Å². The van der Waals surface area contributed by atoms with Gasteiger partial charge in [0.15, 0.2) is 23.2 Å². The number of aromatic nitrogens is 6. The van der Waals surface area contributed by atoms with Crippen LogP contribution in [0.15, 0.2) is 17.8 Å². The third-order valence-electron chi connectivity index (χ3n) is 5.01. The minimum atomic E-state index is -1.25. The number of fused-ring (bicyclic) bond motifs is 1. The lowest BCUT2D eigenvalue weighted by atomic mass is 10.1. The first kappa shape index (κ1) is 21.6. The number of aromatic amines is 1. The molecule has 4 heterocycles. The number of nitrogens with one attached hydrogen (secondary N) is 2. The zero-order chi connectivity index (χ0) is 22.0. The number of imidazole rings is 2. The molecule has 3 aromatic heterocycles. The van der Waals surface area contributed by atoms with E-state index in [2.05, 4.69) is 42.4 Å². The number of ether oxygens (including phenoxy) is 1. The van der Waals surface area contributed by atoms with Crippen LogP contribution >= 0.6 is 11.6 Å². The minimum Gasteiger partial charge on any atom is -0.394 e. The maximum absolute atomic E-state index is 10.3. The van der Waals surface area contributed by atoms with Gasteiger partial charge in [-0.15, -0.1) is 0 Å². The number of hydrazone groups is 1. The number of H-pyrrole nitrogens is 1. The van der Waals surface area contributed by atoms with Crippen LogP contribution in [0.5, 0.6) is 0 Å². The average Bonchev–Trinajstić information content (AvgIpc) is 3.43. The topological polar surface area (TPSA) is 167 Å². The highest BCUT2D eigenvalue weighted by Crippen LogP contribution is 2.32. The van der Waals surface area contributed by atoms with E-state index in [0.29, 0.717) is 27.8 Å². The van der Waals surface area contributed by atoms with Crippen LogP contribution in [0, 0.1) is 0 Å². The number of halogens is 1. The van der Waals surface area contributed by atoms with Crippen LogP contribution in [-0.2, 0) is 11.2 Å². The predicted molar refractivity (Wildman–Crippen MR) is 112 cm³/mol. The summed E-state index contributed by atoms with van der Waals surface area (Å²) in [5.74, 6) is 1.12. The molecule has 13 heteroatoms. The van der Waals surface area contributed by atoms with Crippen LogP contribution in [0.4, 0.5) is 5.82 Å². The van der Waals surface area contributed by atoms with E-state index in [1.807, 2.05) is 0 Å². The molecule has 1 aliphatic rings. The molecular weight excluding hydrogens is 428 g/mol. The van der Waals surface area contributed by atoms with Crippen LogP contribution in [0.3, 0.4) is 0 Å². The fourth-order valence-electron chi connectivity index (χ4n) is 3.35. The summed E-state index contributed by atoms with van der Waals surface area (Å²) in [5, 5.41) is 34.1. The summed E-state index contributed by atoms with van der Waals surface area (Å²) in [4.78, 5) is 20.0. The molecule has 0 spiro atoms. The molecule has 4 atom stereocenters. The normalized spacial score (nSPS) is 23.9. The van der Waals surface area contributed by atoms with Gasteiger partial charge in [0.25, 0.3) is 0 Å². The van der Waals surface area contributed by atoms with Crippen LogP contribution in [-0.4, -0.2) is 75.9 Å². The molecule has 166 valence electrons. The quantitative estimate of drug-likeness (QED) is 0.244. The summed E-state index contributed by atoms with van der Waals surface area (Å²) in [6, 6.07) is 0. The van der Waals surface area contributed by atoms with Crippen molar-refractivity contribution in [3.05, 3.63) is 29.3 Å². The Morgan fingerprint density at radius 1 is 1.32 bits per heavy atom. The molecule has 1 aliphatic heterocycles. The molecule has 1 unspecified atom stereocenters. The SMILES string of the molecule is CCCCc1nc(/C=N/Nc2ncnc3c2ncn3[C@@H]2O[C@H](CO)C(O)[C@@H]2O)c(Cl)[nH]1. The van der Waals surface area contributed by atoms with Gasteiger partial charge >= 0.3 is 0 Å². The van der Waals surface area contributed by atoms with Crippen molar-refractivity contribution < 1.29 is 20.1 Å². The summed E-state index contributed by atoms with van der Waals surface area (Å²) in [6.45, 7) is 1.68. The Morgan fingerprint density at radius 2 is 2.16 bits per heavy atom. The lowest BCUT2D eigenvalue weighted by Crippen LogP contribution is -2.33. The average molecular weight is 451 g/mol. The van der Waals surface area contributed by atoms with Gasteiger partial charge in [0.2, 0.25) is 0 Å². The summed E-state index contributed by atoms with van der Waals surface area (Å²) < 4.78 is 7.02. The van der Waals surface area contributed by atoms with E-state index in [9.17, 15) is 15.3 Å². The van der Waals surface area contributed by atoms with E-state index >= 15 is 0 Å². The fraction of sp³-hybridized carbons (Fsp3) is 0.500. The Bertz CT molecular complexity index is 1070. The molecule has 0 bridgehead atoms. The molecule has 1 saturated heterocycles. The number of hydrogen-bond donors (Lipinski definition) is 5. The second kappa shape index (κ2) is 9.24. The Labute approximate surface area is 182 Å². The first-order chi connectivity index (χ1) is 15.0. The maximum atomic E-state index is 10.3. The number of aryl methyl sites for hydroxylation is 1. The summed E-state index contributed by atoms with van der Waals surface area (Å²) >= 11 is 6.17. The molecule has 0 radical (unpaired) electrons. The van der Waals surface area contributed by atoms with Gasteiger partial charge in [-0.3, -0.25) is 9.99 Å². The van der Waals surface area contributed by atoms with Gasteiger partial charge in [-0.2, -0.15) is 5.10 Å². The Balaban J connectivity index is 1.52. The summed E-state index contributed by atoms with van der Waals surface area (Å²) in [6.07, 6.45) is 2.75. The first-order valence-electron chi connectivity index (χ1n) is 9.87. The number of aliphatic hydroxyl groups is 3. The monoisotopic (exact) mass is 450 g/mol. The van der Waals surface area contributed by atoms with E-state index in [1.165, 1.54) is 23.4 Å². The first-order valence-corrected chi connectivity index (χ1v) is 10.2. The van der Waals surface area contributed by atoms with Crippen LogP contribution < -0.4 is 5.43 Å². The van der Waals surface area contributed by atoms with Crippen molar-refractivity contribution in [3.8, 4) is 0 Å². The second-order valence-corrected chi connectivity index (χ2v) is 7.51. The van der Waals surface area contributed by atoms with E-state index < -0.39 is 31.1 Å². The second-order valence-electron chi connectivity index (χ2n) is 7.13. The van der Waals surface area contributed by atoms with Crippen molar-refractivity contribution >= 4 is 34.8 Å². The number of hydrogen-bond acceptors (Lipinski definition) is 10. The van der Waals surface area contributed by atoms with Crippen molar-refractivity contribution in [1.29, 1.82) is 0 Å². The van der Waals surface area contributed by atoms with Gasteiger partial charge in [0.05, 0.1) is 19.1 Å². The third-order valence-corrected chi connectivity index (χ3v) is 5.30. The van der Waals surface area contributed by atoms with Gasteiger partial charge in [-0.25, -0.2) is 19.9 Å². The molecule has 12 nitrogen and oxygen atoms in total. The van der Waals surface area contributed by atoms with Crippen molar-refractivity contribution in [2.75, 3.05) is 12.0 Å². The predicted octanol–water partition coefficient (Wildman–Crippen LogP) is 0.603. The number of anilines is 1. The van der Waals surface area contributed by atoms with E-state index in [0.717, 1.165) is 25.1 Å². The lowest BCUT2D eigenvalue weighted by molar-refractivity contribution is -0.0511. The number of rotatable bonds is 8. The van der Waals surface area contributed by atoms with Gasteiger partial charge < -0.3 is 25.0 Å². The standard InChI is InChI=1S/C18H23ClN8O4/c1-2-3-4-11-24-9(15(19)25-11)5-23-26-16-12-17(21-7-20-16)27(8-22-12)18-14(30)13(29)10(6-28)31-18/h5,7-8,10,13-14,18,28-30H,2-4,6H2,1H3,(H,24,25)(H,20,21,26)/b23-5+/t10-,13?,14+,18-/m1/s1. The maximum Gasteiger partial charge on any atom is 0.177 e. The highest BCUT2D eigenvalue weighted by molar-refractivity contribution is 6.31. The van der Waals surface area contributed by atoms with Gasteiger partial charge in [0, 0.05) is 6.42 Å². The Morgan fingerprint density at radius 3 is 2.90 bits per heavy atom. The van der Waals surface area contributed by atoms with Crippen LogP contribution in [0.1, 0.15) is 37.5 Å². The van der Waals surface area contributed by atoms with Crippen LogP contribution in [0.25, 0.3) is 11.2 Å². The molecule has 0 saturated carbocycles. The molecule has 4 rings (SSSR count). The molecule has 5 N–H and O–H groups in total. The smallest absolute Gasteiger partial charge is 0.177 e. The zero-order valence-electron chi connectivity index (χ0n) is 16.7. The van der Waals surface area contributed by atoms with Gasteiger partial charge in [0.1, 0.15) is 41.3 Å². The largest absolute Gasteiger partial charge is 0.394 e. The van der Waals surface area contributed by atoms with Crippen molar-refractivity contribution in [2.45, 2.75) is 50.7 Å². The Hall–Kier alpha value is -2.64. The van der Waals surface area contributed by atoms with E-state index in [-0.39, 0.29) is 0 Å². The molecule has 1 fully saturated rings. The molecule has 0 amide bonds. The Kier molecular flexibility index (Phi) is 6.43. The third kappa shape index (κ3) is 4.25. The lowest BCUT2D eigenvalue weighted by Gasteiger charge is -2.16. The minimum absolute atomic E-state index is 0.324. The molecule has 31 heavy (non-hydrogen) atoms. The van der Waals surface area contributed by atoms with Gasteiger partial charge in [-0.1, -0.05) is 24.9 Å². The molecular formula is C18H23ClN8O4. The highest BCUT2D eigenvalue weighted by Gasteiger charge is 2.44. The van der Waals surface area contributed by atoms with Crippen LogP contribution in [0.2, 0.25) is 5.15 Å². The molecule has 0 aromatic carbocycles. The van der Waals surface area contributed by atoms with Crippen molar-refractivity contribution in [1.82, 2.24) is 29.5 Å². The number of unbranched alkanes of at least 4 members (excludes halogenated alkanes) is 1.